The predicted octanol–water partition coefficient (Wildman–Crippen LogP) is 2.47. The van der Waals surface area contributed by atoms with Gasteiger partial charge in [-0.2, -0.15) is 0 Å². The van der Waals surface area contributed by atoms with Gasteiger partial charge in [0.1, 0.15) is 17.4 Å². The summed E-state index contributed by atoms with van der Waals surface area (Å²) in [4.78, 5) is 41.4. The van der Waals surface area contributed by atoms with Crippen LogP contribution in [0.2, 0.25) is 0 Å². The molecule has 0 radical (unpaired) electrons. The van der Waals surface area contributed by atoms with Crippen LogP contribution in [0.4, 0.5) is 5.69 Å². The first kappa shape index (κ1) is 22.7. The summed E-state index contributed by atoms with van der Waals surface area (Å²) in [7, 11) is 0. The molecule has 8 nitrogen and oxygen atoms in total. The molecule has 0 aromatic heterocycles. The standard InChI is InChI=1S/C26H31N3O5/c1-6-23(2,3)25(14-26(33)22(32)29-11-7-8-18(29)20(30)28-26)16-12-15-9-10-24(4,5)34-19(15)13-17(16)27-21(25)31/h6,9-10,12-13,18,33H,1,7-8,11,14H2,2-5H3,(H,27,31)(H,28,30)/t18?,25-,26?/m0/s1. The minimum atomic E-state index is -2.22. The molecule has 2 saturated heterocycles. The normalized spacial score (nSPS) is 31.3. The van der Waals surface area contributed by atoms with E-state index in [1.807, 2.05) is 45.9 Å². The largest absolute Gasteiger partial charge is 0.483 e. The maximum atomic E-state index is 13.8. The summed E-state index contributed by atoms with van der Waals surface area (Å²) in [6.07, 6.45) is 6.49. The quantitative estimate of drug-likeness (QED) is 0.592. The lowest BCUT2D eigenvalue weighted by Gasteiger charge is -2.48. The average molecular weight is 466 g/mol. The number of nitrogens with one attached hydrogen (secondary N) is 2. The molecule has 4 heterocycles. The summed E-state index contributed by atoms with van der Waals surface area (Å²) >= 11 is 0. The fourth-order valence-corrected chi connectivity index (χ4v) is 5.81. The second-order valence-corrected chi connectivity index (χ2v) is 10.9. The molecule has 0 spiro atoms. The van der Waals surface area contributed by atoms with Crippen molar-refractivity contribution >= 4 is 29.5 Å². The van der Waals surface area contributed by atoms with Crippen molar-refractivity contribution in [3.05, 3.63) is 42.0 Å². The Morgan fingerprint density at radius 3 is 2.74 bits per heavy atom. The summed E-state index contributed by atoms with van der Waals surface area (Å²) in [6, 6.07) is 3.09. The Kier molecular flexibility index (Phi) is 4.63. The van der Waals surface area contributed by atoms with Gasteiger partial charge in [0, 0.05) is 35.7 Å². The van der Waals surface area contributed by atoms with Gasteiger partial charge in [-0.05, 0) is 44.4 Å². The van der Waals surface area contributed by atoms with Crippen molar-refractivity contribution in [3.63, 3.8) is 0 Å². The third kappa shape index (κ3) is 2.97. The van der Waals surface area contributed by atoms with E-state index >= 15 is 0 Å². The van der Waals surface area contributed by atoms with E-state index in [-0.39, 0.29) is 12.3 Å². The lowest BCUT2D eigenvalue weighted by Crippen LogP contribution is -2.71. The average Bonchev–Trinajstić information content (AvgIpc) is 3.34. The number of rotatable bonds is 4. The number of allylic oxidation sites excluding steroid dienone is 1. The van der Waals surface area contributed by atoms with Gasteiger partial charge in [0.05, 0.1) is 5.41 Å². The number of carbonyl (C=O) groups is 3. The number of ether oxygens (including phenoxy) is 1. The molecule has 3 N–H and O–H groups in total. The van der Waals surface area contributed by atoms with Crippen LogP contribution in [0.3, 0.4) is 0 Å². The molecule has 180 valence electrons. The minimum Gasteiger partial charge on any atom is -0.483 e. The number of hydrogen-bond acceptors (Lipinski definition) is 5. The van der Waals surface area contributed by atoms with E-state index < -0.39 is 40.0 Å². The van der Waals surface area contributed by atoms with E-state index in [1.54, 1.807) is 12.1 Å². The molecule has 4 aliphatic heterocycles. The Labute approximate surface area is 199 Å². The first-order valence-corrected chi connectivity index (χ1v) is 11.7. The molecule has 2 fully saturated rings. The van der Waals surface area contributed by atoms with Gasteiger partial charge in [-0.3, -0.25) is 14.4 Å². The van der Waals surface area contributed by atoms with E-state index in [2.05, 4.69) is 17.2 Å². The van der Waals surface area contributed by atoms with Gasteiger partial charge in [-0.1, -0.05) is 26.0 Å². The molecule has 34 heavy (non-hydrogen) atoms. The Morgan fingerprint density at radius 2 is 2.03 bits per heavy atom. The van der Waals surface area contributed by atoms with Crippen molar-refractivity contribution in [2.24, 2.45) is 5.41 Å². The van der Waals surface area contributed by atoms with Crippen LogP contribution in [0.1, 0.15) is 58.1 Å². The number of fused-ring (bicyclic) bond motifs is 3. The number of benzene rings is 1. The fraction of sp³-hybridized carbons (Fsp3) is 0.500. The lowest BCUT2D eigenvalue weighted by atomic mass is 9.58. The molecule has 3 amide bonds. The van der Waals surface area contributed by atoms with Gasteiger partial charge in [-0.15, -0.1) is 6.58 Å². The van der Waals surface area contributed by atoms with Gasteiger partial charge < -0.3 is 25.4 Å². The number of hydrogen-bond donors (Lipinski definition) is 3. The topological polar surface area (TPSA) is 108 Å². The highest BCUT2D eigenvalue weighted by atomic mass is 16.5. The van der Waals surface area contributed by atoms with Gasteiger partial charge in [0.2, 0.25) is 17.5 Å². The van der Waals surface area contributed by atoms with Crippen molar-refractivity contribution in [1.82, 2.24) is 10.2 Å². The molecule has 0 saturated carbocycles. The van der Waals surface area contributed by atoms with Crippen LogP contribution in [0, 0.1) is 5.41 Å². The number of aliphatic hydroxyl groups is 1. The fourth-order valence-electron chi connectivity index (χ4n) is 5.81. The molecular formula is C26H31N3O5. The van der Waals surface area contributed by atoms with Crippen LogP contribution >= 0.6 is 0 Å². The van der Waals surface area contributed by atoms with E-state index in [0.717, 1.165) is 5.56 Å². The molecule has 5 rings (SSSR count). The second-order valence-electron chi connectivity index (χ2n) is 10.9. The molecule has 8 heteroatoms. The number of piperazine rings is 1. The molecule has 0 bridgehead atoms. The predicted molar refractivity (Wildman–Crippen MR) is 127 cm³/mol. The zero-order valence-electron chi connectivity index (χ0n) is 20.0. The number of carbonyl (C=O) groups excluding carboxylic acids is 3. The number of anilines is 1. The smallest absolute Gasteiger partial charge is 0.276 e. The zero-order valence-corrected chi connectivity index (χ0v) is 20.0. The molecule has 2 unspecified atom stereocenters. The van der Waals surface area contributed by atoms with Crippen molar-refractivity contribution in [1.29, 1.82) is 0 Å². The highest BCUT2D eigenvalue weighted by Gasteiger charge is 2.63. The van der Waals surface area contributed by atoms with Crippen molar-refractivity contribution in [3.8, 4) is 5.75 Å². The maximum Gasteiger partial charge on any atom is 0.276 e. The first-order valence-electron chi connectivity index (χ1n) is 11.7. The van der Waals surface area contributed by atoms with Crippen LogP contribution in [-0.2, 0) is 19.8 Å². The Bertz CT molecular complexity index is 1170. The molecule has 0 aliphatic carbocycles. The maximum absolute atomic E-state index is 13.8. The second kappa shape index (κ2) is 6.95. The summed E-state index contributed by atoms with van der Waals surface area (Å²) in [5.41, 5.74) is -2.97. The highest BCUT2D eigenvalue weighted by molar-refractivity contribution is 6.09. The number of amides is 3. The third-order valence-electron chi connectivity index (χ3n) is 7.91. The Hall–Kier alpha value is -3.13. The number of nitrogens with zero attached hydrogens (tertiary/aromatic N) is 1. The summed E-state index contributed by atoms with van der Waals surface area (Å²) < 4.78 is 6.08. The van der Waals surface area contributed by atoms with Gasteiger partial charge in [0.25, 0.3) is 5.91 Å². The molecular weight excluding hydrogens is 434 g/mol. The van der Waals surface area contributed by atoms with Crippen LogP contribution in [-0.4, -0.2) is 51.6 Å². The Balaban J connectivity index is 1.65. The van der Waals surface area contributed by atoms with Gasteiger partial charge in [-0.25, -0.2) is 0 Å². The highest BCUT2D eigenvalue weighted by Crippen LogP contribution is 2.56. The SMILES string of the molecule is C=CC(C)(C)[C@]1(CC2(O)NC(=O)C3CCCN3C2=O)C(=O)Nc2cc3c(cc21)C=CC(C)(C)O3. The molecule has 4 aliphatic rings. The van der Waals surface area contributed by atoms with E-state index in [4.69, 9.17) is 4.74 Å². The monoisotopic (exact) mass is 465 g/mol. The summed E-state index contributed by atoms with van der Waals surface area (Å²) in [5.74, 6) is -0.691. The van der Waals surface area contributed by atoms with Crippen molar-refractivity contribution < 1.29 is 24.2 Å². The van der Waals surface area contributed by atoms with Crippen LogP contribution in [0.25, 0.3) is 6.08 Å². The molecule has 1 aromatic carbocycles. The van der Waals surface area contributed by atoms with E-state index in [1.165, 1.54) is 4.90 Å². The molecule has 1 aromatic rings. The van der Waals surface area contributed by atoms with Crippen molar-refractivity contribution in [2.45, 2.75) is 69.7 Å². The van der Waals surface area contributed by atoms with Crippen LogP contribution in [0.5, 0.6) is 5.75 Å². The first-order chi connectivity index (χ1) is 15.8. The molecule has 3 atom stereocenters. The minimum absolute atomic E-state index is 0.319. The van der Waals surface area contributed by atoms with E-state index in [9.17, 15) is 19.5 Å². The van der Waals surface area contributed by atoms with E-state index in [0.29, 0.717) is 36.4 Å². The zero-order chi connectivity index (χ0) is 24.7. The van der Waals surface area contributed by atoms with Crippen LogP contribution in [0.15, 0.2) is 30.9 Å². The summed E-state index contributed by atoms with van der Waals surface area (Å²) in [5, 5.41) is 17.1. The van der Waals surface area contributed by atoms with Gasteiger partial charge in [0.15, 0.2) is 0 Å². The lowest BCUT2D eigenvalue weighted by molar-refractivity contribution is -0.174. The summed E-state index contributed by atoms with van der Waals surface area (Å²) in [6.45, 7) is 12.0. The third-order valence-corrected chi connectivity index (χ3v) is 7.91. The Morgan fingerprint density at radius 1 is 1.29 bits per heavy atom. The van der Waals surface area contributed by atoms with Crippen molar-refractivity contribution in [2.75, 3.05) is 11.9 Å². The van der Waals surface area contributed by atoms with Gasteiger partial charge >= 0.3 is 0 Å². The van der Waals surface area contributed by atoms with Crippen LogP contribution < -0.4 is 15.4 Å².